The minimum atomic E-state index is -2.34. The fourth-order valence-corrected chi connectivity index (χ4v) is 6.59. The SMILES string of the molecule is CC1(C)OB(c2ccc(CCN(c3cn4nc(-c5ccc(Cl)cc5)c(C(N)=O)c4cc3CC3CC3)S(=O)O)cc2Cl)OC1(C)C. The summed E-state index contributed by atoms with van der Waals surface area (Å²) in [6.07, 6.45) is 5.02. The molecule has 0 radical (unpaired) electrons. The molecule has 1 saturated carbocycles. The number of pyridine rings is 1. The van der Waals surface area contributed by atoms with E-state index in [9.17, 15) is 13.6 Å². The first-order valence-corrected chi connectivity index (χ1v) is 16.7. The summed E-state index contributed by atoms with van der Waals surface area (Å²) >= 11 is 10.5. The highest BCUT2D eigenvalue weighted by atomic mass is 35.5. The molecule has 1 aliphatic heterocycles. The van der Waals surface area contributed by atoms with Gasteiger partial charge in [-0.1, -0.05) is 47.5 Å². The molecule has 4 aromatic rings. The molecule has 2 aromatic carbocycles. The molecule has 2 aliphatic rings. The summed E-state index contributed by atoms with van der Waals surface area (Å²) in [5, 5.41) is 5.76. The van der Waals surface area contributed by atoms with Gasteiger partial charge in [-0.2, -0.15) is 5.10 Å². The van der Waals surface area contributed by atoms with Gasteiger partial charge in [0.15, 0.2) is 0 Å². The van der Waals surface area contributed by atoms with Crippen LogP contribution in [0, 0.1) is 5.92 Å². The summed E-state index contributed by atoms with van der Waals surface area (Å²) in [4.78, 5) is 12.7. The Hall–Kier alpha value is -2.93. The number of hydrogen-bond acceptors (Lipinski definition) is 5. The zero-order valence-electron chi connectivity index (χ0n) is 25.5. The third-order valence-corrected chi connectivity index (χ3v) is 10.4. The van der Waals surface area contributed by atoms with E-state index in [2.05, 4.69) is 0 Å². The number of carbonyl (C=O) groups excluding carboxylic acids is 1. The van der Waals surface area contributed by atoms with Crippen LogP contribution in [0.4, 0.5) is 5.69 Å². The highest BCUT2D eigenvalue weighted by Crippen LogP contribution is 2.39. The van der Waals surface area contributed by atoms with Crippen molar-refractivity contribution in [3.63, 3.8) is 0 Å². The summed E-state index contributed by atoms with van der Waals surface area (Å²) in [6.45, 7) is 8.19. The summed E-state index contributed by atoms with van der Waals surface area (Å²) in [5.74, 6) is -0.138. The molecule has 45 heavy (non-hydrogen) atoms. The number of carbonyl (C=O) groups is 1. The van der Waals surface area contributed by atoms with Gasteiger partial charge < -0.3 is 15.0 Å². The van der Waals surface area contributed by atoms with Crippen molar-refractivity contribution in [1.29, 1.82) is 0 Å². The van der Waals surface area contributed by atoms with Crippen LogP contribution in [-0.2, 0) is 33.4 Å². The fraction of sp³-hybridized carbons (Fsp3) is 0.375. The highest BCUT2D eigenvalue weighted by Gasteiger charge is 2.52. The van der Waals surface area contributed by atoms with Crippen molar-refractivity contribution in [3.05, 3.63) is 81.5 Å². The zero-order valence-corrected chi connectivity index (χ0v) is 27.9. The first kappa shape index (κ1) is 32.0. The van der Waals surface area contributed by atoms with Crippen molar-refractivity contribution in [2.24, 2.45) is 11.7 Å². The van der Waals surface area contributed by atoms with Crippen LogP contribution in [0.5, 0.6) is 0 Å². The topological polar surface area (TPSA) is 119 Å². The molecule has 1 amide bonds. The Morgan fingerprint density at radius 2 is 1.78 bits per heavy atom. The predicted molar refractivity (Wildman–Crippen MR) is 180 cm³/mol. The van der Waals surface area contributed by atoms with E-state index in [1.807, 2.05) is 52.0 Å². The van der Waals surface area contributed by atoms with Crippen molar-refractivity contribution in [2.75, 3.05) is 10.8 Å². The van der Waals surface area contributed by atoms with Gasteiger partial charge >= 0.3 is 7.12 Å². The number of aromatic nitrogens is 2. The van der Waals surface area contributed by atoms with Crippen molar-refractivity contribution in [2.45, 2.75) is 64.6 Å². The molecule has 3 heterocycles. The molecule has 3 N–H and O–H groups in total. The van der Waals surface area contributed by atoms with E-state index in [1.165, 1.54) is 4.31 Å². The molecule has 1 saturated heterocycles. The van der Waals surface area contributed by atoms with Gasteiger partial charge in [-0.05, 0) is 94.7 Å². The largest absolute Gasteiger partial charge is 0.496 e. The van der Waals surface area contributed by atoms with E-state index in [0.717, 1.165) is 29.4 Å². The molecule has 1 unspecified atom stereocenters. The number of hydrogen-bond donors (Lipinski definition) is 2. The maximum Gasteiger partial charge on any atom is 0.496 e. The second-order valence-corrected chi connectivity index (χ2v) is 14.5. The van der Waals surface area contributed by atoms with Crippen LogP contribution in [0.25, 0.3) is 16.8 Å². The summed E-state index contributed by atoms with van der Waals surface area (Å²) in [6, 6.07) is 14.5. The van der Waals surface area contributed by atoms with Crippen molar-refractivity contribution in [3.8, 4) is 11.3 Å². The molecule has 0 spiro atoms. The Labute approximate surface area is 275 Å². The normalized spacial score (nSPS) is 18.0. The average Bonchev–Trinajstić information content (AvgIpc) is 3.64. The van der Waals surface area contributed by atoms with Crippen molar-refractivity contribution >= 4 is 64.2 Å². The highest BCUT2D eigenvalue weighted by molar-refractivity contribution is 7.80. The van der Waals surface area contributed by atoms with Crippen LogP contribution in [0.1, 0.15) is 62.0 Å². The number of nitrogens with two attached hydrogens (primary N) is 1. The molecular weight excluding hydrogens is 634 g/mol. The molecule has 1 aliphatic carbocycles. The second-order valence-electron chi connectivity index (χ2n) is 12.8. The Morgan fingerprint density at radius 3 is 2.36 bits per heavy atom. The van der Waals surface area contributed by atoms with Gasteiger partial charge in [0.25, 0.3) is 17.2 Å². The van der Waals surface area contributed by atoms with Gasteiger partial charge in [0.05, 0.1) is 34.2 Å². The fourth-order valence-electron chi connectivity index (χ4n) is 5.60. The second kappa shape index (κ2) is 12.0. The Bertz CT molecular complexity index is 1790. The van der Waals surface area contributed by atoms with Crippen LogP contribution in [-0.4, -0.2) is 49.1 Å². The average molecular weight is 669 g/mol. The van der Waals surface area contributed by atoms with Crippen LogP contribution >= 0.6 is 23.2 Å². The standard InChI is InChI=1S/C32H35BCl2N4O5S/c1-31(2)32(3,4)44-33(43-31)24-12-7-20(16-25(24)35)13-14-39(45(41)42)27-18-38-26(17-22(27)15-19-5-6-19)28(30(36)40)29(37-38)21-8-10-23(34)11-9-21/h7-12,16-19H,5-6,13-15H2,1-4H3,(H2,36,40)(H,41,42). The van der Waals surface area contributed by atoms with Crippen molar-refractivity contribution < 1.29 is 22.9 Å². The Kier molecular flexibility index (Phi) is 8.56. The molecule has 6 rings (SSSR count). The summed E-state index contributed by atoms with van der Waals surface area (Å²) in [5.41, 5.74) is 9.85. The lowest BCUT2D eigenvalue weighted by atomic mass is 9.78. The third-order valence-electron chi connectivity index (χ3n) is 9.03. The van der Waals surface area contributed by atoms with E-state index < -0.39 is 35.5 Å². The number of primary amides is 1. The van der Waals surface area contributed by atoms with Gasteiger partial charge in [-0.3, -0.25) is 13.7 Å². The molecular formula is C32H35BCl2N4O5S. The van der Waals surface area contributed by atoms with Gasteiger partial charge in [0.2, 0.25) is 0 Å². The minimum absolute atomic E-state index is 0.229. The van der Waals surface area contributed by atoms with E-state index in [4.69, 9.17) is 43.3 Å². The van der Waals surface area contributed by atoms with Gasteiger partial charge in [-0.15, -0.1) is 0 Å². The molecule has 2 fully saturated rings. The number of benzene rings is 2. The van der Waals surface area contributed by atoms with Gasteiger partial charge in [-0.25, -0.2) is 8.72 Å². The Morgan fingerprint density at radius 1 is 1.11 bits per heavy atom. The molecule has 236 valence electrons. The van der Waals surface area contributed by atoms with E-state index in [1.54, 1.807) is 35.0 Å². The van der Waals surface area contributed by atoms with Gasteiger partial charge in [0.1, 0.15) is 5.69 Å². The third kappa shape index (κ3) is 6.39. The number of halogens is 2. The molecule has 1 atom stereocenters. The van der Waals surface area contributed by atoms with Crippen molar-refractivity contribution in [1.82, 2.24) is 9.61 Å². The molecule has 2 aromatic heterocycles. The molecule has 9 nitrogen and oxygen atoms in total. The maximum absolute atomic E-state index is 12.8. The predicted octanol–water partition coefficient (Wildman–Crippen LogP) is 5.84. The van der Waals surface area contributed by atoms with Crippen LogP contribution in [0.2, 0.25) is 10.0 Å². The number of amides is 1. The summed E-state index contributed by atoms with van der Waals surface area (Å²) in [7, 11) is -0.591. The zero-order chi connectivity index (χ0) is 32.3. The number of rotatable bonds is 10. The van der Waals surface area contributed by atoms with Crippen LogP contribution < -0.4 is 15.5 Å². The minimum Gasteiger partial charge on any atom is -0.399 e. The molecule has 0 bridgehead atoms. The number of fused-ring (bicyclic) bond motifs is 1. The number of anilines is 1. The number of nitrogens with zero attached hydrogens (tertiary/aromatic N) is 3. The smallest absolute Gasteiger partial charge is 0.399 e. The van der Waals surface area contributed by atoms with E-state index >= 15 is 0 Å². The first-order chi connectivity index (χ1) is 21.2. The lowest BCUT2D eigenvalue weighted by Crippen LogP contribution is -2.41. The lowest BCUT2D eigenvalue weighted by molar-refractivity contribution is 0.00578. The quantitative estimate of drug-likeness (QED) is 0.162. The Balaban J connectivity index is 1.32. The van der Waals surface area contributed by atoms with Crippen LogP contribution in [0.15, 0.2) is 54.7 Å². The monoisotopic (exact) mass is 668 g/mol. The lowest BCUT2D eigenvalue weighted by Gasteiger charge is -2.32. The first-order valence-electron chi connectivity index (χ1n) is 14.9. The van der Waals surface area contributed by atoms with Gasteiger partial charge in [0, 0.05) is 27.6 Å². The maximum atomic E-state index is 12.8. The molecule has 13 heteroatoms. The summed E-state index contributed by atoms with van der Waals surface area (Å²) < 4.78 is 38.7. The van der Waals surface area contributed by atoms with E-state index in [0.29, 0.717) is 51.3 Å². The van der Waals surface area contributed by atoms with Crippen LogP contribution in [0.3, 0.4) is 0 Å². The van der Waals surface area contributed by atoms with E-state index in [-0.39, 0.29) is 12.1 Å².